The molecule has 0 spiro atoms. The number of ether oxygens (including phenoxy) is 2. The minimum atomic E-state index is -0.265. The molecule has 2 unspecified atom stereocenters. The van der Waals surface area contributed by atoms with Gasteiger partial charge >= 0.3 is 11.9 Å². The van der Waals surface area contributed by atoms with E-state index in [1.165, 1.54) is 0 Å². The lowest BCUT2D eigenvalue weighted by Gasteiger charge is -2.14. The lowest BCUT2D eigenvalue weighted by atomic mass is 9.96. The Morgan fingerprint density at radius 2 is 1.14 bits per heavy atom. The van der Waals surface area contributed by atoms with Crippen molar-refractivity contribution >= 4 is 11.9 Å². The molecule has 0 radical (unpaired) electrons. The minimum absolute atomic E-state index is 0.203. The molecule has 0 fully saturated rings. The topological polar surface area (TPSA) is 52.6 Å². The fourth-order valence-electron chi connectivity index (χ4n) is 2.20. The molecule has 0 aromatic carbocycles. The van der Waals surface area contributed by atoms with Crippen LogP contribution >= 0.6 is 0 Å². The van der Waals surface area contributed by atoms with E-state index in [-0.39, 0.29) is 23.8 Å². The van der Waals surface area contributed by atoms with E-state index in [2.05, 4.69) is 13.8 Å². The number of carbonyl (C=O) groups is 2. The summed E-state index contributed by atoms with van der Waals surface area (Å²) < 4.78 is 10.2. The highest BCUT2D eigenvalue weighted by atomic mass is 16.5. The van der Waals surface area contributed by atoms with E-state index < -0.39 is 0 Å². The SMILES string of the molecule is CCCCC(C=CC(CCCC)C(=O)OCC)C(=O)OCC. The normalized spacial score (nSPS) is 13.8. The Balaban J connectivity index is 4.85. The van der Waals surface area contributed by atoms with Gasteiger partial charge in [-0.05, 0) is 26.7 Å². The Morgan fingerprint density at radius 1 is 0.773 bits per heavy atom. The number of hydrogen-bond donors (Lipinski definition) is 0. The molecule has 4 nitrogen and oxygen atoms in total. The van der Waals surface area contributed by atoms with Gasteiger partial charge in [0, 0.05) is 0 Å². The standard InChI is InChI=1S/C18H32O4/c1-5-9-11-15(17(19)21-7-3)13-14-16(12-10-6-2)18(20)22-8-4/h13-16H,5-12H2,1-4H3. The zero-order valence-electron chi connectivity index (χ0n) is 14.6. The molecule has 22 heavy (non-hydrogen) atoms. The van der Waals surface area contributed by atoms with Gasteiger partial charge in [0.2, 0.25) is 0 Å². The third kappa shape index (κ3) is 8.85. The lowest BCUT2D eigenvalue weighted by Crippen LogP contribution is -2.19. The number of hydrogen-bond acceptors (Lipinski definition) is 4. The van der Waals surface area contributed by atoms with Crippen LogP contribution in [0.1, 0.15) is 66.2 Å². The van der Waals surface area contributed by atoms with Gasteiger partial charge in [-0.1, -0.05) is 51.7 Å². The molecular formula is C18H32O4. The molecule has 0 aliphatic rings. The molecule has 0 saturated heterocycles. The number of unbranched alkanes of at least 4 members (excludes halogenated alkanes) is 2. The van der Waals surface area contributed by atoms with E-state index in [1.54, 1.807) is 13.8 Å². The van der Waals surface area contributed by atoms with E-state index in [0.717, 1.165) is 38.5 Å². The van der Waals surface area contributed by atoms with Gasteiger partial charge in [0.05, 0.1) is 25.0 Å². The second-order valence-electron chi connectivity index (χ2n) is 5.39. The molecular weight excluding hydrogens is 280 g/mol. The summed E-state index contributed by atoms with van der Waals surface area (Å²) in [6.07, 6.45) is 9.18. The van der Waals surface area contributed by atoms with Crippen molar-refractivity contribution in [2.45, 2.75) is 66.2 Å². The molecule has 0 aromatic heterocycles. The molecule has 0 N–H and O–H groups in total. The Bertz CT molecular complexity index is 304. The Kier molecular flexibility index (Phi) is 12.5. The number of carbonyl (C=O) groups excluding carboxylic acids is 2. The van der Waals surface area contributed by atoms with E-state index in [0.29, 0.717) is 13.2 Å². The van der Waals surface area contributed by atoms with Crippen molar-refractivity contribution < 1.29 is 19.1 Å². The molecule has 4 heteroatoms. The largest absolute Gasteiger partial charge is 0.466 e. The van der Waals surface area contributed by atoms with Crippen molar-refractivity contribution in [3.63, 3.8) is 0 Å². The first kappa shape index (κ1) is 20.7. The molecule has 0 rings (SSSR count). The average Bonchev–Trinajstić information content (AvgIpc) is 2.50. The van der Waals surface area contributed by atoms with Crippen LogP contribution in [0, 0.1) is 11.8 Å². The van der Waals surface area contributed by atoms with Crippen LogP contribution in [0.2, 0.25) is 0 Å². The maximum absolute atomic E-state index is 12.0. The fourth-order valence-corrected chi connectivity index (χ4v) is 2.20. The van der Waals surface area contributed by atoms with Crippen LogP contribution in [0.5, 0.6) is 0 Å². The van der Waals surface area contributed by atoms with E-state index in [1.807, 2.05) is 12.2 Å². The predicted octanol–water partition coefficient (Wildman–Crippen LogP) is 4.28. The first-order valence-corrected chi connectivity index (χ1v) is 8.62. The van der Waals surface area contributed by atoms with Crippen molar-refractivity contribution in [3.05, 3.63) is 12.2 Å². The zero-order valence-corrected chi connectivity index (χ0v) is 14.6. The highest BCUT2D eigenvalue weighted by Crippen LogP contribution is 2.17. The van der Waals surface area contributed by atoms with Gasteiger partial charge in [0.1, 0.15) is 0 Å². The van der Waals surface area contributed by atoms with Gasteiger partial charge in [-0.2, -0.15) is 0 Å². The van der Waals surface area contributed by atoms with Crippen molar-refractivity contribution in [3.8, 4) is 0 Å². The summed E-state index contributed by atoms with van der Waals surface area (Å²) in [6, 6.07) is 0. The second kappa shape index (κ2) is 13.4. The van der Waals surface area contributed by atoms with Gasteiger partial charge in [-0.25, -0.2) is 0 Å². The Hall–Kier alpha value is -1.32. The van der Waals surface area contributed by atoms with Crippen LogP contribution in [0.4, 0.5) is 0 Å². The second-order valence-corrected chi connectivity index (χ2v) is 5.39. The van der Waals surface area contributed by atoms with Crippen molar-refractivity contribution in [1.29, 1.82) is 0 Å². The van der Waals surface area contributed by atoms with Gasteiger partial charge in [-0.3, -0.25) is 9.59 Å². The summed E-state index contributed by atoms with van der Waals surface area (Å²) in [4.78, 5) is 24.0. The summed E-state index contributed by atoms with van der Waals surface area (Å²) in [5.74, 6) is -0.937. The van der Waals surface area contributed by atoms with Crippen LogP contribution in [0.25, 0.3) is 0 Å². The van der Waals surface area contributed by atoms with E-state index in [9.17, 15) is 9.59 Å². The van der Waals surface area contributed by atoms with E-state index in [4.69, 9.17) is 9.47 Å². The minimum Gasteiger partial charge on any atom is -0.466 e. The molecule has 0 aliphatic carbocycles. The molecule has 0 saturated carbocycles. The van der Waals surface area contributed by atoms with E-state index >= 15 is 0 Å². The number of rotatable bonds is 12. The number of esters is 2. The van der Waals surface area contributed by atoms with Crippen LogP contribution in [0.15, 0.2) is 12.2 Å². The summed E-state index contributed by atoms with van der Waals surface area (Å²) in [5, 5.41) is 0. The molecule has 128 valence electrons. The molecule has 0 amide bonds. The van der Waals surface area contributed by atoms with Gasteiger partial charge in [0.25, 0.3) is 0 Å². The van der Waals surface area contributed by atoms with Crippen LogP contribution < -0.4 is 0 Å². The molecule has 2 atom stereocenters. The van der Waals surface area contributed by atoms with Gasteiger partial charge in [-0.15, -0.1) is 0 Å². The molecule has 0 heterocycles. The monoisotopic (exact) mass is 312 g/mol. The Morgan fingerprint density at radius 3 is 1.41 bits per heavy atom. The molecule has 0 aromatic rings. The zero-order chi connectivity index (χ0) is 16.8. The molecule has 0 bridgehead atoms. The summed E-state index contributed by atoms with van der Waals surface area (Å²) >= 11 is 0. The van der Waals surface area contributed by atoms with Crippen LogP contribution in [-0.4, -0.2) is 25.2 Å². The first-order valence-electron chi connectivity index (χ1n) is 8.62. The summed E-state index contributed by atoms with van der Waals surface area (Å²) in [6.45, 7) is 8.56. The quantitative estimate of drug-likeness (QED) is 0.398. The van der Waals surface area contributed by atoms with Crippen molar-refractivity contribution in [1.82, 2.24) is 0 Å². The Labute approximate surface area is 135 Å². The van der Waals surface area contributed by atoms with Crippen LogP contribution in [-0.2, 0) is 19.1 Å². The summed E-state index contributed by atoms with van der Waals surface area (Å²) in [7, 11) is 0. The maximum Gasteiger partial charge on any atom is 0.312 e. The fraction of sp³-hybridized carbons (Fsp3) is 0.778. The maximum atomic E-state index is 12.0. The highest BCUT2D eigenvalue weighted by molar-refractivity contribution is 5.76. The lowest BCUT2D eigenvalue weighted by molar-refractivity contribution is -0.148. The van der Waals surface area contributed by atoms with Crippen LogP contribution in [0.3, 0.4) is 0 Å². The third-order valence-corrected chi connectivity index (χ3v) is 3.49. The first-order chi connectivity index (χ1) is 10.6. The van der Waals surface area contributed by atoms with Gasteiger partial charge in [0.15, 0.2) is 0 Å². The highest BCUT2D eigenvalue weighted by Gasteiger charge is 2.20. The molecule has 0 aliphatic heterocycles. The average molecular weight is 312 g/mol. The van der Waals surface area contributed by atoms with Gasteiger partial charge < -0.3 is 9.47 Å². The third-order valence-electron chi connectivity index (χ3n) is 3.49. The summed E-state index contributed by atoms with van der Waals surface area (Å²) in [5.41, 5.74) is 0. The van der Waals surface area contributed by atoms with Crippen molar-refractivity contribution in [2.24, 2.45) is 11.8 Å². The van der Waals surface area contributed by atoms with Crippen molar-refractivity contribution in [2.75, 3.05) is 13.2 Å². The smallest absolute Gasteiger partial charge is 0.312 e. The predicted molar refractivity (Wildman–Crippen MR) is 88.4 cm³/mol.